The van der Waals surface area contributed by atoms with E-state index in [9.17, 15) is 9.59 Å². The Morgan fingerprint density at radius 3 is 2.42 bits per heavy atom. The first kappa shape index (κ1) is 23.1. The Kier molecular flexibility index (Phi) is 5.01. The molecule has 10 rings (SSSR count). The lowest BCUT2D eigenvalue weighted by Crippen LogP contribution is -2.51. The van der Waals surface area contributed by atoms with E-state index >= 15 is 0 Å². The lowest BCUT2D eigenvalue weighted by Gasteiger charge is -2.48. The third-order valence-corrected chi connectivity index (χ3v) is 8.74. The summed E-state index contributed by atoms with van der Waals surface area (Å²) in [6, 6.07) is 29.9. The predicted molar refractivity (Wildman–Crippen MR) is 150 cm³/mol. The number of anilines is 1. The van der Waals surface area contributed by atoms with Gasteiger partial charge in [0.15, 0.2) is 0 Å². The largest absolute Gasteiger partial charge is 0.274 e. The number of amides is 2. The zero-order valence-corrected chi connectivity index (χ0v) is 21.8. The number of nitrogens with zero attached hydrogens (tertiary/aromatic N) is 2. The Hall–Kier alpha value is -4.02. The normalized spacial score (nSPS) is 25.0. The molecule has 0 unspecified atom stereocenters. The van der Waals surface area contributed by atoms with Gasteiger partial charge >= 0.3 is 0 Å². The lowest BCUT2D eigenvalue weighted by atomic mass is 9.52. The molecule has 0 saturated carbocycles. The number of carbonyl (C=O) groups excluding carboxylic acids is 2. The average Bonchev–Trinajstić information content (AvgIpc) is 3.15. The number of rotatable bonds is 3. The maximum atomic E-state index is 14.6. The smallest absolute Gasteiger partial charge is 0.239 e. The van der Waals surface area contributed by atoms with E-state index in [4.69, 9.17) is 16.6 Å². The highest BCUT2D eigenvalue weighted by molar-refractivity contribution is 6.30. The second-order valence-electron chi connectivity index (χ2n) is 10.6. The van der Waals surface area contributed by atoms with Gasteiger partial charge in [-0.05, 0) is 65.9 Å². The summed E-state index contributed by atoms with van der Waals surface area (Å²) in [5.74, 6) is -1.70. The van der Waals surface area contributed by atoms with Gasteiger partial charge < -0.3 is 0 Å². The first-order chi connectivity index (χ1) is 18.4. The van der Waals surface area contributed by atoms with Crippen molar-refractivity contribution in [1.29, 1.82) is 0 Å². The number of imide groups is 1. The molecule has 4 bridgehead atoms. The van der Waals surface area contributed by atoms with E-state index in [1.54, 1.807) is 6.07 Å². The molecule has 38 heavy (non-hydrogen) atoms. The first-order valence-electron chi connectivity index (χ1n) is 12.9. The third-order valence-electron chi connectivity index (χ3n) is 8.51. The minimum atomic E-state index is -0.918. The van der Waals surface area contributed by atoms with Gasteiger partial charge in [-0.1, -0.05) is 83.9 Å². The third kappa shape index (κ3) is 3.07. The lowest BCUT2D eigenvalue weighted by molar-refractivity contribution is -0.122. The average molecular weight is 517 g/mol. The summed E-state index contributed by atoms with van der Waals surface area (Å²) in [6.07, 6.45) is 1.89. The monoisotopic (exact) mass is 516 g/mol. The molecule has 4 atom stereocenters. The molecule has 1 fully saturated rings. The summed E-state index contributed by atoms with van der Waals surface area (Å²) in [5, 5.41) is 0.592. The van der Waals surface area contributed by atoms with Gasteiger partial charge in [-0.2, -0.15) is 0 Å². The number of aliphatic imine (C=N–C) groups is 1. The highest BCUT2D eigenvalue weighted by Gasteiger charge is 2.65. The Labute approximate surface area is 226 Å². The van der Waals surface area contributed by atoms with Crippen LogP contribution in [0.25, 0.3) is 0 Å². The topological polar surface area (TPSA) is 49.7 Å². The molecular weight excluding hydrogens is 492 g/mol. The van der Waals surface area contributed by atoms with Crippen molar-refractivity contribution in [1.82, 2.24) is 0 Å². The molecule has 0 aromatic heterocycles. The molecule has 1 saturated heterocycles. The van der Waals surface area contributed by atoms with Crippen molar-refractivity contribution in [3.8, 4) is 0 Å². The SMILES string of the molecule is Cc1ccc(N2C(=O)[C@H]3[C@H]4c5ccc(cc5)[C@@](C=Nc5cccc(Cl)c5)(c5ccccc54)[C@H]3C2=O)c(C)c1. The zero-order valence-electron chi connectivity index (χ0n) is 21.1. The number of benzene rings is 4. The molecule has 1 heterocycles. The van der Waals surface area contributed by atoms with Crippen molar-refractivity contribution in [2.45, 2.75) is 25.2 Å². The number of aryl methyl sites for hydroxylation is 2. The van der Waals surface area contributed by atoms with E-state index in [1.807, 2.05) is 68.6 Å². The van der Waals surface area contributed by atoms with Gasteiger partial charge in [-0.3, -0.25) is 14.6 Å². The minimum Gasteiger partial charge on any atom is -0.274 e. The number of halogens is 1. The first-order valence-corrected chi connectivity index (χ1v) is 13.2. The fourth-order valence-corrected chi connectivity index (χ4v) is 7.14. The standard InChI is InChI=1S/C33H25ClN2O2/c1-19-10-15-27(20(2)16-19)36-31(37)29-28-21-11-13-22(14-12-21)33(30(29)32(36)38,26-9-4-3-8-25(26)28)18-35-24-7-5-6-23(34)17-24/h3-18,28-30H,1-2H3/t28-,29-,30+,33-/m0/s1. The van der Waals surface area contributed by atoms with Crippen LogP contribution in [0, 0.1) is 25.7 Å². The number of hydrogen-bond acceptors (Lipinski definition) is 3. The van der Waals surface area contributed by atoms with E-state index in [-0.39, 0.29) is 17.7 Å². The molecule has 6 aliphatic rings. The molecule has 5 aliphatic carbocycles. The van der Waals surface area contributed by atoms with Crippen molar-refractivity contribution in [2.75, 3.05) is 4.90 Å². The molecule has 0 spiro atoms. The molecule has 186 valence electrons. The van der Waals surface area contributed by atoms with Crippen molar-refractivity contribution < 1.29 is 9.59 Å². The maximum Gasteiger partial charge on any atom is 0.239 e. The summed E-state index contributed by atoms with van der Waals surface area (Å²) in [5.41, 5.74) is 6.56. The molecule has 1 aliphatic heterocycles. The Balaban J connectivity index is 1.52. The molecule has 4 nitrogen and oxygen atoms in total. The predicted octanol–water partition coefficient (Wildman–Crippen LogP) is 6.91. The maximum absolute atomic E-state index is 14.6. The number of carbonyl (C=O) groups is 2. The summed E-state index contributed by atoms with van der Waals surface area (Å²) in [4.78, 5) is 35.3. The van der Waals surface area contributed by atoms with E-state index < -0.39 is 17.3 Å². The summed E-state index contributed by atoms with van der Waals surface area (Å²) >= 11 is 6.27. The van der Waals surface area contributed by atoms with Crippen LogP contribution in [0.5, 0.6) is 0 Å². The fourth-order valence-electron chi connectivity index (χ4n) is 6.95. The van der Waals surface area contributed by atoms with E-state index in [0.717, 1.165) is 33.4 Å². The van der Waals surface area contributed by atoms with Crippen LogP contribution in [0.4, 0.5) is 11.4 Å². The van der Waals surface area contributed by atoms with Crippen LogP contribution in [-0.2, 0) is 15.0 Å². The Bertz CT molecular complexity index is 1670. The van der Waals surface area contributed by atoms with Crippen molar-refractivity contribution >= 4 is 41.0 Å². The van der Waals surface area contributed by atoms with Gasteiger partial charge in [0.05, 0.1) is 28.6 Å². The number of hydrogen-bond donors (Lipinski definition) is 0. The van der Waals surface area contributed by atoms with E-state index in [2.05, 4.69) is 36.4 Å². The van der Waals surface area contributed by atoms with Gasteiger partial charge in [0.25, 0.3) is 0 Å². The van der Waals surface area contributed by atoms with Crippen LogP contribution >= 0.6 is 11.6 Å². The Morgan fingerprint density at radius 2 is 1.66 bits per heavy atom. The molecule has 0 radical (unpaired) electrons. The molecule has 0 N–H and O–H groups in total. The van der Waals surface area contributed by atoms with Gasteiger partial charge in [-0.15, -0.1) is 0 Å². The van der Waals surface area contributed by atoms with Crippen LogP contribution in [0.3, 0.4) is 0 Å². The summed E-state index contributed by atoms with van der Waals surface area (Å²) in [7, 11) is 0. The van der Waals surface area contributed by atoms with Crippen molar-refractivity contribution in [3.05, 3.63) is 129 Å². The van der Waals surface area contributed by atoms with Gasteiger partial charge in [-0.25, -0.2) is 4.90 Å². The van der Waals surface area contributed by atoms with Crippen molar-refractivity contribution in [3.63, 3.8) is 0 Å². The van der Waals surface area contributed by atoms with Crippen LogP contribution in [-0.4, -0.2) is 18.0 Å². The fraction of sp³-hybridized carbons (Fsp3) is 0.182. The minimum absolute atomic E-state index is 0.144. The summed E-state index contributed by atoms with van der Waals surface area (Å²) < 4.78 is 0. The molecular formula is C33H25ClN2O2. The zero-order chi connectivity index (χ0) is 26.2. The molecule has 5 heteroatoms. The van der Waals surface area contributed by atoms with Gasteiger partial charge in [0.2, 0.25) is 11.8 Å². The van der Waals surface area contributed by atoms with Crippen LogP contribution in [0.2, 0.25) is 5.02 Å². The highest BCUT2D eigenvalue weighted by atomic mass is 35.5. The quantitative estimate of drug-likeness (QED) is 0.219. The van der Waals surface area contributed by atoms with Crippen LogP contribution in [0.15, 0.2) is 96.0 Å². The van der Waals surface area contributed by atoms with Gasteiger partial charge in [0, 0.05) is 17.2 Å². The summed E-state index contributed by atoms with van der Waals surface area (Å²) in [6.45, 7) is 3.97. The second kappa shape index (κ2) is 8.24. The van der Waals surface area contributed by atoms with Gasteiger partial charge in [0.1, 0.15) is 0 Å². The molecule has 4 aromatic carbocycles. The van der Waals surface area contributed by atoms with Crippen molar-refractivity contribution in [2.24, 2.45) is 16.8 Å². The highest BCUT2D eigenvalue weighted by Crippen LogP contribution is 2.60. The van der Waals surface area contributed by atoms with Crippen LogP contribution in [0.1, 0.15) is 39.3 Å². The molecule has 4 aromatic rings. The van der Waals surface area contributed by atoms with E-state index in [0.29, 0.717) is 16.4 Å². The Morgan fingerprint density at radius 1 is 0.868 bits per heavy atom. The molecule has 2 amide bonds. The second-order valence-corrected chi connectivity index (χ2v) is 11.0. The van der Waals surface area contributed by atoms with Crippen LogP contribution < -0.4 is 4.90 Å². The van der Waals surface area contributed by atoms with E-state index in [1.165, 1.54) is 4.90 Å².